The summed E-state index contributed by atoms with van der Waals surface area (Å²) in [5.41, 5.74) is 2.04. The second-order valence-corrected chi connectivity index (χ2v) is 9.62. The van der Waals surface area contributed by atoms with Crippen molar-refractivity contribution in [3.05, 3.63) is 42.0 Å². The smallest absolute Gasteiger partial charge is 0.319 e. The fraction of sp³-hybridized carbons (Fsp3) is 0.615. The predicted molar refractivity (Wildman–Crippen MR) is 132 cm³/mol. The number of amides is 3. The summed E-state index contributed by atoms with van der Waals surface area (Å²) in [4.78, 5) is 27.3. The maximum Gasteiger partial charge on any atom is 0.319 e. The Labute approximate surface area is 198 Å². The fourth-order valence-electron chi connectivity index (χ4n) is 4.89. The van der Waals surface area contributed by atoms with Crippen molar-refractivity contribution in [2.24, 2.45) is 23.7 Å². The molecule has 0 saturated carbocycles. The van der Waals surface area contributed by atoms with E-state index in [4.69, 9.17) is 4.74 Å². The minimum absolute atomic E-state index is 0.127. The first-order valence-corrected chi connectivity index (χ1v) is 12.3. The van der Waals surface area contributed by atoms with Gasteiger partial charge in [0.05, 0.1) is 13.2 Å². The molecule has 2 aliphatic rings. The number of carbonyl (C=O) groups excluding carboxylic acids is 2. The van der Waals surface area contributed by atoms with Gasteiger partial charge in [0.25, 0.3) is 0 Å². The SMILES string of the molecule is CC1=CC(CNC(=O)Nc2ccccc2)C(C(C)C)CC1CC(=O)NCCN1CCOCC1. The first kappa shape index (κ1) is 25.2. The maximum atomic E-state index is 12.6. The number of nitrogens with one attached hydrogen (secondary N) is 3. The lowest BCUT2D eigenvalue weighted by atomic mass is 9.70. The number of anilines is 1. The van der Waals surface area contributed by atoms with Gasteiger partial charge in [0.1, 0.15) is 0 Å². The van der Waals surface area contributed by atoms with Gasteiger partial charge in [-0.1, -0.05) is 43.7 Å². The molecule has 0 bridgehead atoms. The molecule has 7 nitrogen and oxygen atoms in total. The Hall–Kier alpha value is -2.38. The van der Waals surface area contributed by atoms with Gasteiger partial charge in [-0.2, -0.15) is 0 Å². The Bertz CT molecular complexity index is 790. The van der Waals surface area contributed by atoms with Crippen molar-refractivity contribution >= 4 is 17.6 Å². The lowest BCUT2D eigenvalue weighted by Gasteiger charge is -2.37. The average molecular weight is 457 g/mol. The molecule has 1 fully saturated rings. The van der Waals surface area contributed by atoms with E-state index >= 15 is 0 Å². The van der Waals surface area contributed by atoms with E-state index in [9.17, 15) is 9.59 Å². The third kappa shape index (κ3) is 8.16. The van der Waals surface area contributed by atoms with Crippen LogP contribution < -0.4 is 16.0 Å². The van der Waals surface area contributed by atoms with Gasteiger partial charge >= 0.3 is 6.03 Å². The second kappa shape index (κ2) is 12.8. The lowest BCUT2D eigenvalue weighted by molar-refractivity contribution is -0.122. The molecule has 0 radical (unpaired) electrons. The number of allylic oxidation sites excluding steroid dienone is 1. The van der Waals surface area contributed by atoms with Gasteiger partial charge in [-0.15, -0.1) is 0 Å². The normalized spacial score (nSPS) is 23.6. The Kier molecular flexibility index (Phi) is 9.76. The highest BCUT2D eigenvalue weighted by Gasteiger charge is 2.32. The number of rotatable bonds is 9. The molecule has 0 aromatic heterocycles. The average Bonchev–Trinajstić information content (AvgIpc) is 2.80. The second-order valence-electron chi connectivity index (χ2n) is 9.62. The molecular weight excluding hydrogens is 416 g/mol. The third-order valence-corrected chi connectivity index (χ3v) is 6.90. The van der Waals surface area contributed by atoms with Gasteiger partial charge in [0.2, 0.25) is 5.91 Å². The van der Waals surface area contributed by atoms with Crippen LogP contribution in [-0.2, 0) is 9.53 Å². The summed E-state index contributed by atoms with van der Waals surface area (Å²) >= 11 is 0. The van der Waals surface area contributed by atoms with Crippen LogP contribution in [0.4, 0.5) is 10.5 Å². The molecule has 1 saturated heterocycles. The van der Waals surface area contributed by atoms with Crippen LogP contribution in [0.25, 0.3) is 0 Å². The summed E-state index contributed by atoms with van der Waals surface area (Å²) < 4.78 is 5.37. The lowest BCUT2D eigenvalue weighted by Crippen LogP contribution is -2.42. The number of ether oxygens (including phenoxy) is 1. The van der Waals surface area contributed by atoms with Crippen molar-refractivity contribution in [2.45, 2.75) is 33.6 Å². The zero-order chi connectivity index (χ0) is 23.6. The van der Waals surface area contributed by atoms with Gasteiger partial charge < -0.3 is 20.7 Å². The van der Waals surface area contributed by atoms with E-state index in [1.54, 1.807) is 0 Å². The van der Waals surface area contributed by atoms with Crippen molar-refractivity contribution in [1.82, 2.24) is 15.5 Å². The zero-order valence-corrected chi connectivity index (χ0v) is 20.3. The molecule has 1 aliphatic carbocycles. The number of benzene rings is 1. The molecule has 182 valence electrons. The summed E-state index contributed by atoms with van der Waals surface area (Å²) in [6.45, 7) is 12.2. The van der Waals surface area contributed by atoms with Crippen LogP contribution in [0.15, 0.2) is 42.0 Å². The maximum absolute atomic E-state index is 12.6. The van der Waals surface area contributed by atoms with Crippen molar-refractivity contribution in [1.29, 1.82) is 0 Å². The fourth-order valence-corrected chi connectivity index (χ4v) is 4.89. The zero-order valence-electron chi connectivity index (χ0n) is 20.3. The Balaban J connectivity index is 1.47. The van der Waals surface area contributed by atoms with Crippen LogP contribution in [0.3, 0.4) is 0 Å². The number of hydrogen-bond donors (Lipinski definition) is 3. The topological polar surface area (TPSA) is 82.7 Å². The van der Waals surface area contributed by atoms with Gasteiger partial charge in [-0.25, -0.2) is 4.79 Å². The van der Waals surface area contributed by atoms with E-state index in [1.165, 1.54) is 5.57 Å². The summed E-state index contributed by atoms with van der Waals surface area (Å²) in [5, 5.41) is 9.02. The highest BCUT2D eigenvalue weighted by atomic mass is 16.5. The van der Waals surface area contributed by atoms with E-state index in [0.29, 0.717) is 31.3 Å². The third-order valence-electron chi connectivity index (χ3n) is 6.90. The molecule has 3 rings (SSSR count). The highest BCUT2D eigenvalue weighted by Crippen LogP contribution is 2.38. The summed E-state index contributed by atoms with van der Waals surface area (Å²) in [6.07, 6.45) is 3.79. The van der Waals surface area contributed by atoms with Gasteiger partial charge in [-0.3, -0.25) is 9.69 Å². The van der Waals surface area contributed by atoms with E-state index in [-0.39, 0.29) is 23.8 Å². The Morgan fingerprint density at radius 2 is 1.85 bits per heavy atom. The van der Waals surface area contributed by atoms with Crippen LogP contribution in [0.1, 0.15) is 33.6 Å². The molecule has 3 N–H and O–H groups in total. The van der Waals surface area contributed by atoms with Crippen molar-refractivity contribution in [3.63, 3.8) is 0 Å². The summed E-state index contributed by atoms with van der Waals surface area (Å²) in [7, 11) is 0. The van der Waals surface area contributed by atoms with Crippen molar-refractivity contribution in [2.75, 3.05) is 51.3 Å². The molecule has 0 spiro atoms. The molecule has 33 heavy (non-hydrogen) atoms. The molecule has 3 unspecified atom stereocenters. The van der Waals surface area contributed by atoms with E-state index in [0.717, 1.165) is 45.0 Å². The first-order chi connectivity index (χ1) is 15.9. The number of hydrogen-bond acceptors (Lipinski definition) is 4. The molecule has 1 heterocycles. The van der Waals surface area contributed by atoms with Crippen LogP contribution in [0.5, 0.6) is 0 Å². The number of morpholine rings is 1. The number of nitrogens with zero attached hydrogens (tertiary/aromatic N) is 1. The monoisotopic (exact) mass is 456 g/mol. The van der Waals surface area contributed by atoms with E-state index in [1.807, 2.05) is 30.3 Å². The van der Waals surface area contributed by atoms with Crippen LogP contribution in [0, 0.1) is 23.7 Å². The summed E-state index contributed by atoms with van der Waals surface area (Å²) in [6, 6.07) is 9.28. The number of urea groups is 1. The number of carbonyl (C=O) groups is 2. The molecule has 1 aromatic carbocycles. The van der Waals surface area contributed by atoms with Crippen molar-refractivity contribution in [3.8, 4) is 0 Å². The predicted octanol–water partition coefficient (Wildman–Crippen LogP) is 3.50. The largest absolute Gasteiger partial charge is 0.379 e. The Morgan fingerprint density at radius 1 is 1.12 bits per heavy atom. The van der Waals surface area contributed by atoms with E-state index < -0.39 is 0 Å². The molecule has 3 atom stereocenters. The molecular formula is C26H40N4O3. The van der Waals surface area contributed by atoms with Crippen LogP contribution in [-0.4, -0.2) is 62.8 Å². The minimum Gasteiger partial charge on any atom is -0.379 e. The number of para-hydroxylation sites is 1. The molecule has 3 amide bonds. The Morgan fingerprint density at radius 3 is 2.55 bits per heavy atom. The van der Waals surface area contributed by atoms with Gasteiger partial charge in [0, 0.05) is 44.8 Å². The minimum atomic E-state index is -0.184. The first-order valence-electron chi connectivity index (χ1n) is 12.3. The highest BCUT2D eigenvalue weighted by molar-refractivity contribution is 5.89. The standard InChI is InChI=1S/C26H40N4O3/c1-19(2)24-16-21(17-25(31)27-9-10-30-11-13-33-14-12-30)20(3)15-22(24)18-28-26(32)29-23-7-5-4-6-8-23/h4-8,15,19,21-22,24H,9-14,16-18H2,1-3H3,(H,27,31)(H2,28,29,32). The van der Waals surface area contributed by atoms with Crippen LogP contribution in [0.2, 0.25) is 0 Å². The molecule has 1 aliphatic heterocycles. The van der Waals surface area contributed by atoms with Crippen molar-refractivity contribution < 1.29 is 14.3 Å². The van der Waals surface area contributed by atoms with Gasteiger partial charge in [0.15, 0.2) is 0 Å². The summed E-state index contributed by atoms with van der Waals surface area (Å²) in [5.74, 6) is 1.56. The molecule has 1 aromatic rings. The van der Waals surface area contributed by atoms with Crippen LogP contribution >= 0.6 is 0 Å². The quantitative estimate of drug-likeness (QED) is 0.497. The molecule has 7 heteroatoms. The van der Waals surface area contributed by atoms with Gasteiger partial charge in [-0.05, 0) is 49.1 Å². The van der Waals surface area contributed by atoms with E-state index in [2.05, 4.69) is 47.7 Å².